The van der Waals surface area contributed by atoms with Crippen LogP contribution in [-0.4, -0.2) is 24.5 Å². The molecule has 0 aliphatic heterocycles. The number of para-hydroxylation sites is 1. The molecule has 0 bridgehead atoms. The molecule has 22 heavy (non-hydrogen) atoms. The molecule has 4 heteroatoms. The van der Waals surface area contributed by atoms with Gasteiger partial charge in [0, 0.05) is 0 Å². The van der Waals surface area contributed by atoms with E-state index in [1.807, 2.05) is 31.2 Å². The highest BCUT2D eigenvalue weighted by Gasteiger charge is 2.25. The molecule has 4 nitrogen and oxygen atoms in total. The Balaban J connectivity index is 2.33. The fourth-order valence-corrected chi connectivity index (χ4v) is 2.15. The fourth-order valence-electron chi connectivity index (χ4n) is 2.15. The molecule has 0 saturated heterocycles. The van der Waals surface area contributed by atoms with E-state index in [2.05, 4.69) is 0 Å². The summed E-state index contributed by atoms with van der Waals surface area (Å²) in [5.41, 5.74) is 1.10. The molecule has 0 radical (unpaired) electrons. The lowest BCUT2D eigenvalue weighted by Crippen LogP contribution is -2.26. The Kier molecular flexibility index (Phi) is 7.64. The normalized spacial score (nSPS) is 12.0. The first-order chi connectivity index (χ1) is 10.4. The summed E-state index contributed by atoms with van der Waals surface area (Å²) in [7, 11) is 0. The van der Waals surface area contributed by atoms with E-state index in [-0.39, 0.29) is 11.9 Å². The number of aryl methyl sites for hydroxylation is 1. The lowest BCUT2D eigenvalue weighted by molar-refractivity contribution is -0.155. The number of rotatable bonds is 9. The Labute approximate surface area is 132 Å². The Bertz CT molecular complexity index is 494. The quantitative estimate of drug-likeness (QED) is 0.396. The van der Waals surface area contributed by atoms with Gasteiger partial charge in [-0.15, -0.1) is 0 Å². The maximum atomic E-state index is 11.9. The van der Waals surface area contributed by atoms with Crippen LogP contribution < -0.4 is 4.74 Å². The zero-order valence-corrected chi connectivity index (χ0v) is 13.9. The maximum Gasteiger partial charge on any atom is 0.316 e. The predicted molar refractivity (Wildman–Crippen MR) is 85.9 cm³/mol. The average molecular weight is 306 g/mol. The van der Waals surface area contributed by atoms with Crippen molar-refractivity contribution in [3.05, 3.63) is 29.8 Å². The van der Waals surface area contributed by atoms with Crippen LogP contribution >= 0.6 is 0 Å². The molecule has 0 aliphatic rings. The van der Waals surface area contributed by atoms with Crippen molar-refractivity contribution < 1.29 is 19.1 Å². The van der Waals surface area contributed by atoms with Crippen molar-refractivity contribution in [2.45, 2.75) is 53.1 Å². The van der Waals surface area contributed by atoms with Crippen molar-refractivity contribution in [3.8, 4) is 5.75 Å². The summed E-state index contributed by atoms with van der Waals surface area (Å²) in [5.74, 6) is -0.321. The zero-order valence-electron chi connectivity index (χ0n) is 13.9. The minimum atomic E-state index is -0.652. The van der Waals surface area contributed by atoms with Crippen LogP contribution in [0.15, 0.2) is 24.3 Å². The van der Waals surface area contributed by atoms with Crippen LogP contribution in [0, 0.1) is 12.8 Å². The molecule has 1 unspecified atom stereocenters. The highest BCUT2D eigenvalue weighted by Crippen LogP contribution is 2.17. The summed E-state index contributed by atoms with van der Waals surface area (Å²) in [5, 5.41) is 0. The molecule has 1 aromatic carbocycles. The number of hydrogen-bond acceptors (Lipinski definition) is 4. The SMILES string of the molecule is CC(=O)C(CCCCOc1ccccc1C)C(=O)OC(C)C. The molecule has 1 rings (SSSR count). The van der Waals surface area contributed by atoms with Gasteiger partial charge >= 0.3 is 5.97 Å². The van der Waals surface area contributed by atoms with Crippen LogP contribution in [0.3, 0.4) is 0 Å². The Hall–Kier alpha value is -1.84. The summed E-state index contributed by atoms with van der Waals surface area (Å²) in [6, 6.07) is 7.85. The van der Waals surface area contributed by atoms with Gasteiger partial charge in [-0.2, -0.15) is 0 Å². The molecular formula is C18H26O4. The highest BCUT2D eigenvalue weighted by molar-refractivity contribution is 5.97. The number of ketones is 1. The van der Waals surface area contributed by atoms with Crippen molar-refractivity contribution in [1.29, 1.82) is 0 Å². The van der Waals surface area contributed by atoms with Gasteiger partial charge in [0.05, 0.1) is 12.7 Å². The number of hydrogen-bond donors (Lipinski definition) is 0. The fraction of sp³-hybridized carbons (Fsp3) is 0.556. The standard InChI is InChI=1S/C18H26O4/c1-13(2)22-18(20)16(15(4)19)10-7-8-12-21-17-11-6-5-9-14(17)3/h5-6,9,11,13,16H,7-8,10,12H2,1-4H3. The topological polar surface area (TPSA) is 52.6 Å². The van der Waals surface area contributed by atoms with E-state index in [1.165, 1.54) is 6.92 Å². The number of esters is 1. The number of carbonyl (C=O) groups is 2. The molecular weight excluding hydrogens is 280 g/mol. The highest BCUT2D eigenvalue weighted by atomic mass is 16.5. The third kappa shape index (κ3) is 6.29. The first-order valence-electron chi connectivity index (χ1n) is 7.81. The van der Waals surface area contributed by atoms with Gasteiger partial charge in [0.1, 0.15) is 17.5 Å². The Morgan fingerprint density at radius 2 is 1.82 bits per heavy atom. The summed E-state index contributed by atoms with van der Waals surface area (Å²) >= 11 is 0. The summed E-state index contributed by atoms with van der Waals surface area (Å²) in [4.78, 5) is 23.4. The molecule has 0 aliphatic carbocycles. The van der Waals surface area contributed by atoms with Crippen LogP contribution in [-0.2, 0) is 14.3 Å². The molecule has 0 aromatic heterocycles. The van der Waals surface area contributed by atoms with E-state index >= 15 is 0 Å². The van der Waals surface area contributed by atoms with Crippen LogP contribution in [0.1, 0.15) is 45.6 Å². The third-order valence-electron chi connectivity index (χ3n) is 3.37. The lowest BCUT2D eigenvalue weighted by Gasteiger charge is -2.15. The van der Waals surface area contributed by atoms with Gasteiger partial charge < -0.3 is 9.47 Å². The molecule has 0 fully saturated rings. The van der Waals surface area contributed by atoms with E-state index in [1.54, 1.807) is 13.8 Å². The summed E-state index contributed by atoms with van der Waals surface area (Å²) in [6.07, 6.45) is 1.87. The van der Waals surface area contributed by atoms with Crippen molar-refractivity contribution in [1.82, 2.24) is 0 Å². The minimum Gasteiger partial charge on any atom is -0.493 e. The van der Waals surface area contributed by atoms with Gasteiger partial charge in [-0.05, 0) is 58.6 Å². The predicted octanol–water partition coefficient (Wildman–Crippen LogP) is 3.70. The van der Waals surface area contributed by atoms with E-state index in [0.29, 0.717) is 13.0 Å². The van der Waals surface area contributed by atoms with Gasteiger partial charge in [-0.1, -0.05) is 18.2 Å². The van der Waals surface area contributed by atoms with E-state index in [9.17, 15) is 9.59 Å². The molecule has 0 amide bonds. The Morgan fingerprint density at radius 3 is 2.41 bits per heavy atom. The van der Waals surface area contributed by atoms with E-state index in [4.69, 9.17) is 9.47 Å². The molecule has 122 valence electrons. The van der Waals surface area contributed by atoms with Gasteiger partial charge in [0.15, 0.2) is 0 Å². The molecule has 1 aromatic rings. The second-order valence-electron chi connectivity index (χ2n) is 5.76. The first-order valence-corrected chi connectivity index (χ1v) is 7.81. The molecule has 0 N–H and O–H groups in total. The molecule has 0 spiro atoms. The van der Waals surface area contributed by atoms with Gasteiger partial charge in [0.25, 0.3) is 0 Å². The number of benzene rings is 1. The second kappa shape index (κ2) is 9.23. The van der Waals surface area contributed by atoms with Crippen molar-refractivity contribution >= 4 is 11.8 Å². The van der Waals surface area contributed by atoms with E-state index < -0.39 is 11.9 Å². The summed E-state index contributed by atoms with van der Waals surface area (Å²) in [6.45, 7) is 7.59. The minimum absolute atomic E-state index is 0.134. The first kappa shape index (κ1) is 18.2. The Morgan fingerprint density at radius 1 is 1.14 bits per heavy atom. The number of unbranched alkanes of at least 4 members (excludes halogenated alkanes) is 1. The molecule has 1 atom stereocenters. The van der Waals surface area contributed by atoms with Gasteiger partial charge in [0.2, 0.25) is 0 Å². The second-order valence-corrected chi connectivity index (χ2v) is 5.76. The van der Waals surface area contributed by atoms with Crippen molar-refractivity contribution in [2.75, 3.05) is 6.61 Å². The van der Waals surface area contributed by atoms with Crippen LogP contribution in [0.4, 0.5) is 0 Å². The third-order valence-corrected chi connectivity index (χ3v) is 3.37. The smallest absolute Gasteiger partial charge is 0.316 e. The average Bonchev–Trinajstić information content (AvgIpc) is 2.43. The van der Waals surface area contributed by atoms with Crippen molar-refractivity contribution in [3.63, 3.8) is 0 Å². The van der Waals surface area contributed by atoms with Gasteiger partial charge in [-0.25, -0.2) is 0 Å². The monoisotopic (exact) mass is 306 g/mol. The lowest BCUT2D eigenvalue weighted by atomic mass is 9.98. The number of ether oxygens (including phenoxy) is 2. The number of Topliss-reactive ketones (excluding diaryl/α,β-unsaturated/α-hetero) is 1. The largest absolute Gasteiger partial charge is 0.493 e. The van der Waals surface area contributed by atoms with Gasteiger partial charge in [-0.3, -0.25) is 9.59 Å². The maximum absolute atomic E-state index is 11.9. The van der Waals surface area contributed by atoms with E-state index in [0.717, 1.165) is 24.2 Å². The van der Waals surface area contributed by atoms with Crippen molar-refractivity contribution in [2.24, 2.45) is 5.92 Å². The van der Waals surface area contributed by atoms with Crippen LogP contribution in [0.2, 0.25) is 0 Å². The molecule has 0 saturated carbocycles. The summed E-state index contributed by atoms with van der Waals surface area (Å²) < 4.78 is 10.8. The van der Waals surface area contributed by atoms with Crippen LogP contribution in [0.5, 0.6) is 5.75 Å². The van der Waals surface area contributed by atoms with Crippen LogP contribution in [0.25, 0.3) is 0 Å². The molecule has 0 heterocycles. The zero-order chi connectivity index (χ0) is 16.5. The number of carbonyl (C=O) groups excluding carboxylic acids is 2.